The molecule has 2 amide bonds. The minimum absolute atomic E-state index is 0.330. The first-order valence-electron chi connectivity index (χ1n) is 5.63. The second-order valence-corrected chi connectivity index (χ2v) is 3.95. The molecule has 3 N–H and O–H groups in total. The third-order valence-corrected chi connectivity index (χ3v) is 2.96. The smallest absolute Gasteiger partial charge is 0.319 e. The van der Waals surface area contributed by atoms with Crippen molar-refractivity contribution in [3.05, 3.63) is 29.8 Å². The second-order valence-electron chi connectivity index (χ2n) is 3.95. The highest BCUT2D eigenvalue weighted by molar-refractivity contribution is 5.92. The summed E-state index contributed by atoms with van der Waals surface area (Å²) in [5, 5.41) is 3.42. The fraction of sp³-hybridized carbons (Fsp3) is 0.417. The lowest BCUT2D eigenvalue weighted by molar-refractivity contribution is 0.253. The Morgan fingerprint density at radius 2 is 2.31 bits per heavy atom. The summed E-state index contributed by atoms with van der Waals surface area (Å²) in [6, 6.07) is 7.89. The van der Waals surface area contributed by atoms with Crippen molar-refractivity contribution >= 4 is 11.7 Å². The quantitative estimate of drug-likeness (QED) is 0.794. The molecule has 0 bridgehead atoms. The van der Waals surface area contributed by atoms with Gasteiger partial charge in [0, 0.05) is 12.6 Å². The summed E-state index contributed by atoms with van der Waals surface area (Å²) in [6.07, 6.45) is 0.911. The zero-order valence-corrected chi connectivity index (χ0v) is 9.44. The van der Waals surface area contributed by atoms with E-state index in [4.69, 9.17) is 5.73 Å². The number of amides is 2. The number of fused-ring (bicyclic) bond motifs is 1. The van der Waals surface area contributed by atoms with Crippen LogP contribution in [-0.2, 0) is 0 Å². The number of nitrogens with one attached hydrogen (secondary N) is 1. The number of nitrogens with two attached hydrogens (primary N) is 1. The number of carbonyl (C=O) groups excluding carboxylic acids is 1. The number of primary amides is 1. The van der Waals surface area contributed by atoms with Crippen LogP contribution in [0.5, 0.6) is 0 Å². The van der Waals surface area contributed by atoms with Crippen LogP contribution in [0.3, 0.4) is 0 Å². The normalized spacial score (nSPS) is 19.3. The number of carbonyl (C=O) groups is 1. The lowest BCUT2D eigenvalue weighted by atomic mass is 9.96. The molecule has 16 heavy (non-hydrogen) atoms. The first-order chi connectivity index (χ1) is 7.74. The first-order valence-corrected chi connectivity index (χ1v) is 5.63. The fourth-order valence-corrected chi connectivity index (χ4v) is 2.25. The number of hydrogen-bond acceptors (Lipinski definition) is 2. The molecule has 0 fully saturated rings. The Balaban J connectivity index is 2.36. The Kier molecular flexibility index (Phi) is 3.10. The van der Waals surface area contributed by atoms with Gasteiger partial charge in [-0.2, -0.15) is 0 Å². The van der Waals surface area contributed by atoms with Crippen molar-refractivity contribution in [2.75, 3.05) is 18.0 Å². The van der Waals surface area contributed by atoms with E-state index in [2.05, 4.69) is 18.3 Å². The average Bonchev–Trinajstić information content (AvgIpc) is 2.29. The van der Waals surface area contributed by atoms with Gasteiger partial charge in [-0.25, -0.2) is 4.79 Å². The van der Waals surface area contributed by atoms with Crippen LogP contribution in [0.4, 0.5) is 10.5 Å². The predicted molar refractivity (Wildman–Crippen MR) is 64.4 cm³/mol. The maximum absolute atomic E-state index is 11.3. The zero-order chi connectivity index (χ0) is 11.5. The van der Waals surface area contributed by atoms with E-state index in [-0.39, 0.29) is 6.03 Å². The molecule has 0 aromatic heterocycles. The average molecular weight is 219 g/mol. The highest BCUT2D eigenvalue weighted by Crippen LogP contribution is 2.33. The first kappa shape index (κ1) is 11.0. The van der Waals surface area contributed by atoms with Gasteiger partial charge in [-0.05, 0) is 24.6 Å². The van der Waals surface area contributed by atoms with Crippen molar-refractivity contribution in [1.82, 2.24) is 5.32 Å². The van der Waals surface area contributed by atoms with Crippen LogP contribution in [0.2, 0.25) is 0 Å². The topological polar surface area (TPSA) is 58.4 Å². The maximum atomic E-state index is 11.3. The van der Waals surface area contributed by atoms with Crippen LogP contribution in [0.1, 0.15) is 24.9 Å². The SMILES string of the molecule is CCNC1CCN(C(N)=O)c2ccccc21. The third-order valence-electron chi connectivity index (χ3n) is 2.96. The van der Waals surface area contributed by atoms with E-state index < -0.39 is 0 Å². The van der Waals surface area contributed by atoms with Gasteiger partial charge in [-0.3, -0.25) is 4.90 Å². The molecule has 1 aromatic rings. The summed E-state index contributed by atoms with van der Waals surface area (Å²) in [5.74, 6) is 0. The molecule has 0 saturated heterocycles. The van der Waals surface area contributed by atoms with Crippen molar-refractivity contribution in [3.63, 3.8) is 0 Å². The molecule has 0 radical (unpaired) electrons. The highest BCUT2D eigenvalue weighted by Gasteiger charge is 2.26. The molecular formula is C12H17N3O. The number of nitrogens with zero attached hydrogens (tertiary/aromatic N) is 1. The minimum atomic E-state index is -0.373. The molecule has 1 atom stereocenters. The number of rotatable bonds is 2. The standard InChI is InChI=1S/C12H17N3O/c1-2-14-10-7-8-15(12(13)16)11-6-4-3-5-9(10)11/h3-6,10,14H,2,7-8H2,1H3,(H2,13,16). The summed E-state index contributed by atoms with van der Waals surface area (Å²) in [5.41, 5.74) is 7.47. The van der Waals surface area contributed by atoms with Crippen molar-refractivity contribution in [2.45, 2.75) is 19.4 Å². The van der Waals surface area contributed by atoms with Crippen LogP contribution in [0, 0.1) is 0 Å². The molecule has 1 aromatic carbocycles. The fourth-order valence-electron chi connectivity index (χ4n) is 2.25. The molecule has 1 aliphatic rings. The summed E-state index contributed by atoms with van der Waals surface area (Å²) in [7, 11) is 0. The maximum Gasteiger partial charge on any atom is 0.319 e. The van der Waals surface area contributed by atoms with Gasteiger partial charge in [0.1, 0.15) is 0 Å². The van der Waals surface area contributed by atoms with Gasteiger partial charge < -0.3 is 11.1 Å². The van der Waals surface area contributed by atoms with Gasteiger partial charge in [-0.1, -0.05) is 25.1 Å². The largest absolute Gasteiger partial charge is 0.351 e. The molecule has 0 spiro atoms. The molecule has 1 aliphatic heterocycles. The molecule has 1 heterocycles. The summed E-state index contributed by atoms with van der Waals surface area (Å²) < 4.78 is 0. The van der Waals surface area contributed by atoms with Crippen LogP contribution >= 0.6 is 0 Å². The van der Waals surface area contributed by atoms with E-state index in [1.54, 1.807) is 4.90 Å². The number of para-hydroxylation sites is 1. The van der Waals surface area contributed by atoms with E-state index in [9.17, 15) is 4.79 Å². The van der Waals surface area contributed by atoms with Crippen molar-refractivity contribution < 1.29 is 4.79 Å². The van der Waals surface area contributed by atoms with Crippen molar-refractivity contribution in [2.24, 2.45) is 5.73 Å². The third kappa shape index (κ3) is 1.88. The number of urea groups is 1. The molecule has 0 aliphatic carbocycles. The number of anilines is 1. The number of benzene rings is 1. The molecule has 4 nitrogen and oxygen atoms in total. The zero-order valence-electron chi connectivity index (χ0n) is 9.44. The van der Waals surface area contributed by atoms with E-state index in [1.807, 2.05) is 18.2 Å². The summed E-state index contributed by atoms with van der Waals surface area (Å²) in [4.78, 5) is 13.0. The lowest BCUT2D eigenvalue weighted by Crippen LogP contribution is -2.42. The van der Waals surface area contributed by atoms with Gasteiger partial charge in [0.25, 0.3) is 0 Å². The van der Waals surface area contributed by atoms with Crippen LogP contribution in [-0.4, -0.2) is 19.1 Å². The van der Waals surface area contributed by atoms with Gasteiger partial charge in [0.05, 0.1) is 5.69 Å². The number of hydrogen-bond donors (Lipinski definition) is 2. The van der Waals surface area contributed by atoms with E-state index in [1.165, 1.54) is 0 Å². The Morgan fingerprint density at radius 1 is 1.56 bits per heavy atom. The van der Waals surface area contributed by atoms with E-state index >= 15 is 0 Å². The molecule has 4 heteroatoms. The predicted octanol–water partition coefficient (Wildman–Crippen LogP) is 1.63. The molecule has 1 unspecified atom stereocenters. The minimum Gasteiger partial charge on any atom is -0.351 e. The van der Waals surface area contributed by atoms with Crippen molar-refractivity contribution in [3.8, 4) is 0 Å². The monoisotopic (exact) mass is 219 g/mol. The Bertz CT molecular complexity index is 392. The second kappa shape index (κ2) is 4.53. The van der Waals surface area contributed by atoms with Gasteiger partial charge in [-0.15, -0.1) is 0 Å². The van der Waals surface area contributed by atoms with Gasteiger partial charge in [0.2, 0.25) is 0 Å². The molecule has 86 valence electrons. The molecular weight excluding hydrogens is 202 g/mol. The van der Waals surface area contributed by atoms with E-state index in [0.29, 0.717) is 12.6 Å². The van der Waals surface area contributed by atoms with Gasteiger partial charge >= 0.3 is 6.03 Å². The van der Waals surface area contributed by atoms with Crippen LogP contribution in [0.15, 0.2) is 24.3 Å². The molecule has 0 saturated carbocycles. The summed E-state index contributed by atoms with van der Waals surface area (Å²) in [6.45, 7) is 3.70. The van der Waals surface area contributed by atoms with Crippen LogP contribution in [0.25, 0.3) is 0 Å². The van der Waals surface area contributed by atoms with Gasteiger partial charge in [0.15, 0.2) is 0 Å². The lowest BCUT2D eigenvalue weighted by Gasteiger charge is -2.33. The molecule has 2 rings (SSSR count). The van der Waals surface area contributed by atoms with Crippen molar-refractivity contribution in [1.29, 1.82) is 0 Å². The Morgan fingerprint density at radius 3 is 3.00 bits per heavy atom. The highest BCUT2D eigenvalue weighted by atomic mass is 16.2. The van der Waals surface area contributed by atoms with E-state index in [0.717, 1.165) is 24.2 Å². The Hall–Kier alpha value is -1.55. The van der Waals surface area contributed by atoms with Crippen LogP contribution < -0.4 is 16.0 Å². The summed E-state index contributed by atoms with van der Waals surface area (Å²) >= 11 is 0. The Labute approximate surface area is 95.4 Å².